The molecular weight excluding hydrogens is 396 g/mol. The largest absolute Gasteiger partial charge is 0.279 e. The second-order valence-corrected chi connectivity index (χ2v) is 9.96. The van der Waals surface area contributed by atoms with Crippen molar-refractivity contribution in [3.8, 4) is 21.8 Å². The molecule has 0 aliphatic heterocycles. The second-order valence-electron chi connectivity index (χ2n) is 5.90. The van der Waals surface area contributed by atoms with Crippen LogP contribution in [-0.2, 0) is 10.0 Å². The lowest BCUT2D eigenvalue weighted by molar-refractivity contribution is 0.603. The second kappa shape index (κ2) is 7.26. The zero-order chi connectivity index (χ0) is 18.9. The fourth-order valence-electron chi connectivity index (χ4n) is 2.69. The lowest BCUT2D eigenvalue weighted by atomic mass is 10.1. The predicted molar refractivity (Wildman–Crippen MR) is 113 cm³/mol. The highest BCUT2D eigenvalue weighted by molar-refractivity contribution is 7.94. The average Bonchev–Trinajstić information content (AvgIpc) is 3.33. The van der Waals surface area contributed by atoms with Crippen LogP contribution in [0.3, 0.4) is 0 Å². The number of hydrogen-bond acceptors (Lipinski definition) is 5. The summed E-state index contributed by atoms with van der Waals surface area (Å²) in [4.78, 5) is 5.90. The molecule has 4 aromatic rings. The Morgan fingerprint density at radius 1 is 0.889 bits per heavy atom. The van der Waals surface area contributed by atoms with Crippen molar-refractivity contribution < 1.29 is 8.42 Å². The van der Waals surface area contributed by atoms with Crippen molar-refractivity contribution in [1.82, 2.24) is 4.98 Å². The molecule has 0 aliphatic carbocycles. The van der Waals surface area contributed by atoms with Gasteiger partial charge in [0, 0.05) is 21.7 Å². The molecule has 0 fully saturated rings. The molecule has 0 amide bonds. The molecule has 0 saturated heterocycles. The maximum absolute atomic E-state index is 12.3. The molecule has 27 heavy (non-hydrogen) atoms. The van der Waals surface area contributed by atoms with Crippen LogP contribution in [0.5, 0.6) is 0 Å². The molecule has 2 aromatic heterocycles. The highest BCUT2D eigenvalue weighted by Crippen LogP contribution is 2.33. The third-order valence-corrected chi connectivity index (χ3v) is 7.79. The summed E-state index contributed by atoms with van der Waals surface area (Å²) in [6.07, 6.45) is 0. The van der Waals surface area contributed by atoms with E-state index in [4.69, 9.17) is 4.98 Å². The maximum Gasteiger partial charge on any atom is 0.271 e. The first-order chi connectivity index (χ1) is 13.0. The lowest BCUT2D eigenvalue weighted by Crippen LogP contribution is -2.11. The Balaban J connectivity index is 1.59. The molecule has 4 nitrogen and oxygen atoms in total. The number of anilines is 1. The molecule has 4 rings (SSSR count). The quantitative estimate of drug-likeness (QED) is 0.461. The van der Waals surface area contributed by atoms with Gasteiger partial charge in [0.05, 0.1) is 5.69 Å². The van der Waals surface area contributed by atoms with Gasteiger partial charge >= 0.3 is 0 Å². The number of rotatable bonds is 5. The minimum absolute atomic E-state index is 0.300. The van der Waals surface area contributed by atoms with Crippen molar-refractivity contribution in [2.24, 2.45) is 0 Å². The summed E-state index contributed by atoms with van der Waals surface area (Å²) in [5.41, 5.74) is 3.51. The lowest BCUT2D eigenvalue weighted by Gasteiger charge is -2.07. The summed E-state index contributed by atoms with van der Waals surface area (Å²) < 4.78 is 27.6. The van der Waals surface area contributed by atoms with Crippen LogP contribution in [0, 0.1) is 6.92 Å². The summed E-state index contributed by atoms with van der Waals surface area (Å²) >= 11 is 2.85. The van der Waals surface area contributed by atoms with Gasteiger partial charge in [-0.3, -0.25) is 4.72 Å². The molecule has 0 atom stereocenters. The molecule has 0 saturated carbocycles. The number of nitrogens with zero attached hydrogens (tertiary/aromatic N) is 1. The van der Waals surface area contributed by atoms with E-state index in [1.165, 1.54) is 11.3 Å². The number of thiazole rings is 1. The molecular formula is C20H16N2O2S3. The molecule has 0 radical (unpaired) electrons. The summed E-state index contributed by atoms with van der Waals surface area (Å²) in [6, 6.07) is 20.7. The van der Waals surface area contributed by atoms with Gasteiger partial charge in [-0.25, -0.2) is 13.4 Å². The molecule has 2 aromatic carbocycles. The molecule has 0 spiro atoms. The first-order valence-corrected chi connectivity index (χ1v) is 11.4. The molecule has 7 heteroatoms. The van der Waals surface area contributed by atoms with Crippen molar-refractivity contribution in [2.75, 3.05) is 4.72 Å². The highest BCUT2D eigenvalue weighted by atomic mass is 32.2. The van der Waals surface area contributed by atoms with Gasteiger partial charge in [-0.05, 0) is 30.5 Å². The van der Waals surface area contributed by atoms with Crippen LogP contribution in [0.15, 0.2) is 76.3 Å². The number of aryl methyl sites for hydroxylation is 1. The first kappa shape index (κ1) is 17.9. The van der Waals surface area contributed by atoms with E-state index in [0.717, 1.165) is 26.7 Å². The Morgan fingerprint density at radius 2 is 1.63 bits per heavy atom. The SMILES string of the molecule is Cc1sc(-c2ccccc2)nc1-c1ccc(NS(=O)(=O)c2cccs2)cc1. The van der Waals surface area contributed by atoms with E-state index in [2.05, 4.69) is 4.72 Å². The van der Waals surface area contributed by atoms with Gasteiger partial charge in [-0.2, -0.15) is 0 Å². The zero-order valence-corrected chi connectivity index (χ0v) is 16.9. The van der Waals surface area contributed by atoms with Gasteiger partial charge in [0.15, 0.2) is 0 Å². The van der Waals surface area contributed by atoms with Gasteiger partial charge in [0.25, 0.3) is 10.0 Å². The molecule has 136 valence electrons. The van der Waals surface area contributed by atoms with E-state index in [1.807, 2.05) is 49.4 Å². The maximum atomic E-state index is 12.3. The van der Waals surface area contributed by atoms with E-state index in [1.54, 1.807) is 41.0 Å². The Labute approximate surface area is 166 Å². The summed E-state index contributed by atoms with van der Waals surface area (Å²) in [5, 5.41) is 2.72. The van der Waals surface area contributed by atoms with Crippen molar-refractivity contribution in [3.05, 3.63) is 77.0 Å². The van der Waals surface area contributed by atoms with Crippen molar-refractivity contribution >= 4 is 38.4 Å². The first-order valence-electron chi connectivity index (χ1n) is 8.22. The van der Waals surface area contributed by atoms with Crippen molar-refractivity contribution in [3.63, 3.8) is 0 Å². The molecule has 1 N–H and O–H groups in total. The summed E-state index contributed by atoms with van der Waals surface area (Å²) in [5.74, 6) is 0. The number of nitrogens with one attached hydrogen (secondary N) is 1. The number of sulfonamides is 1. The fourth-order valence-corrected chi connectivity index (χ4v) is 5.68. The predicted octanol–water partition coefficient (Wildman–Crippen LogP) is 5.65. The Morgan fingerprint density at radius 3 is 2.30 bits per heavy atom. The third kappa shape index (κ3) is 3.80. The van der Waals surface area contributed by atoms with Gasteiger partial charge in [-0.1, -0.05) is 48.5 Å². The minimum atomic E-state index is -3.53. The van der Waals surface area contributed by atoms with Crippen LogP contribution >= 0.6 is 22.7 Å². The van der Waals surface area contributed by atoms with Crippen LogP contribution in [0.25, 0.3) is 21.8 Å². The average molecular weight is 413 g/mol. The zero-order valence-electron chi connectivity index (χ0n) is 14.4. The van der Waals surface area contributed by atoms with Crippen LogP contribution in [0.4, 0.5) is 5.69 Å². The standard InChI is InChI=1S/C20H16N2O2S3/c1-14-19(21-20(26-14)16-6-3-2-4-7-16)15-9-11-17(12-10-15)22-27(23,24)18-8-5-13-25-18/h2-13,22H,1H3. The summed E-state index contributed by atoms with van der Waals surface area (Å²) in [7, 11) is -3.53. The smallest absolute Gasteiger partial charge is 0.271 e. The molecule has 0 bridgehead atoms. The van der Waals surface area contributed by atoms with E-state index in [-0.39, 0.29) is 0 Å². The molecule has 0 unspecified atom stereocenters. The Hall–Kier alpha value is -2.48. The van der Waals surface area contributed by atoms with Crippen molar-refractivity contribution in [2.45, 2.75) is 11.1 Å². The van der Waals surface area contributed by atoms with Crippen molar-refractivity contribution in [1.29, 1.82) is 0 Å². The third-order valence-electron chi connectivity index (χ3n) is 3.99. The van der Waals surface area contributed by atoms with Crippen LogP contribution < -0.4 is 4.72 Å². The topological polar surface area (TPSA) is 59.1 Å². The number of hydrogen-bond donors (Lipinski definition) is 1. The number of thiophene rings is 1. The monoisotopic (exact) mass is 412 g/mol. The van der Waals surface area contributed by atoms with Gasteiger partial charge in [0.1, 0.15) is 9.22 Å². The van der Waals surface area contributed by atoms with E-state index >= 15 is 0 Å². The normalized spacial score (nSPS) is 11.4. The molecule has 2 heterocycles. The van der Waals surface area contributed by atoms with E-state index in [9.17, 15) is 8.42 Å². The number of benzene rings is 2. The Kier molecular flexibility index (Phi) is 4.82. The van der Waals surface area contributed by atoms with Gasteiger partial charge in [0.2, 0.25) is 0 Å². The van der Waals surface area contributed by atoms with Crippen LogP contribution in [-0.4, -0.2) is 13.4 Å². The van der Waals surface area contributed by atoms with Crippen LogP contribution in [0.1, 0.15) is 4.88 Å². The van der Waals surface area contributed by atoms with E-state index < -0.39 is 10.0 Å². The Bertz CT molecular complexity index is 1150. The van der Waals surface area contributed by atoms with Gasteiger partial charge in [-0.15, -0.1) is 22.7 Å². The number of aromatic nitrogens is 1. The van der Waals surface area contributed by atoms with Crippen LogP contribution in [0.2, 0.25) is 0 Å². The van der Waals surface area contributed by atoms with E-state index in [0.29, 0.717) is 9.90 Å². The molecule has 0 aliphatic rings. The highest BCUT2D eigenvalue weighted by Gasteiger charge is 2.16. The minimum Gasteiger partial charge on any atom is -0.279 e. The summed E-state index contributed by atoms with van der Waals surface area (Å²) in [6.45, 7) is 2.05. The fraction of sp³-hybridized carbons (Fsp3) is 0.0500. The van der Waals surface area contributed by atoms with Gasteiger partial charge < -0.3 is 0 Å².